The van der Waals surface area contributed by atoms with E-state index in [0.717, 1.165) is 32.5 Å². The highest BCUT2D eigenvalue weighted by Crippen LogP contribution is 2.31. The number of nitrogen functional groups attached to an aromatic ring is 1. The van der Waals surface area contributed by atoms with Crippen molar-refractivity contribution < 1.29 is 9.47 Å². The van der Waals surface area contributed by atoms with Gasteiger partial charge in [0.15, 0.2) is 0 Å². The molecule has 1 saturated heterocycles. The van der Waals surface area contributed by atoms with Crippen molar-refractivity contribution in [3.8, 4) is 11.8 Å². The molecule has 1 fully saturated rings. The Morgan fingerprint density at radius 3 is 2.72 bits per heavy atom. The van der Waals surface area contributed by atoms with E-state index in [1.807, 2.05) is 13.0 Å². The van der Waals surface area contributed by atoms with E-state index in [9.17, 15) is 5.26 Å². The molecule has 0 bridgehead atoms. The molecule has 1 aliphatic rings. The quantitative estimate of drug-likeness (QED) is 0.200. The van der Waals surface area contributed by atoms with Gasteiger partial charge in [-0.2, -0.15) is 5.26 Å². The topological polar surface area (TPSA) is 97.5 Å². The van der Waals surface area contributed by atoms with Crippen LogP contribution in [0.1, 0.15) is 43.7 Å². The van der Waals surface area contributed by atoms with Gasteiger partial charge in [-0.1, -0.05) is 37.3 Å². The molecule has 2 rings (SSSR count). The third-order valence-electron chi connectivity index (χ3n) is 5.08. The van der Waals surface area contributed by atoms with Crippen molar-refractivity contribution in [1.29, 1.82) is 5.26 Å². The van der Waals surface area contributed by atoms with E-state index in [0.29, 0.717) is 45.7 Å². The molecular formula is C25H33ClN4O2. The number of ether oxygens (including phenoxy) is 2. The molecule has 1 aromatic carbocycles. The second kappa shape index (κ2) is 13.5. The lowest BCUT2D eigenvalue weighted by Gasteiger charge is -2.16. The minimum Gasteiger partial charge on any atom is -0.492 e. The van der Waals surface area contributed by atoms with Gasteiger partial charge >= 0.3 is 0 Å². The van der Waals surface area contributed by atoms with E-state index in [2.05, 4.69) is 17.5 Å². The third-order valence-corrected chi connectivity index (χ3v) is 5.46. The molecule has 0 radical (unpaired) electrons. The maximum atomic E-state index is 9.63. The van der Waals surface area contributed by atoms with Crippen LogP contribution in [0, 0.1) is 11.3 Å². The molecular weight excluding hydrogens is 424 g/mol. The molecule has 32 heavy (non-hydrogen) atoms. The number of halogens is 1. The Morgan fingerprint density at radius 1 is 1.31 bits per heavy atom. The van der Waals surface area contributed by atoms with Gasteiger partial charge in [-0.05, 0) is 57.0 Å². The van der Waals surface area contributed by atoms with Crippen molar-refractivity contribution in [3.63, 3.8) is 0 Å². The lowest BCUT2D eigenvalue weighted by molar-refractivity contribution is 0.263. The fraction of sp³-hybridized carbons (Fsp3) is 0.400. The van der Waals surface area contributed by atoms with E-state index < -0.39 is 0 Å². The van der Waals surface area contributed by atoms with Crippen LogP contribution in [-0.2, 0) is 4.74 Å². The van der Waals surface area contributed by atoms with Gasteiger partial charge in [0.25, 0.3) is 0 Å². The van der Waals surface area contributed by atoms with Crippen LogP contribution in [0.2, 0.25) is 0 Å². The second-order valence-corrected chi connectivity index (χ2v) is 7.90. The molecule has 1 aromatic rings. The smallest absolute Gasteiger partial charge is 0.139 e. The number of likely N-dealkylation sites (tertiary alicyclic amines) is 1. The van der Waals surface area contributed by atoms with Gasteiger partial charge < -0.3 is 25.8 Å². The SMILES string of the molecule is C=C/C=C(/OC/C=C(Cl)\C(N)=C/CC)c1cc(C#N)c(OCCCN2CCCC2)cc1N. The summed E-state index contributed by atoms with van der Waals surface area (Å²) in [5.41, 5.74) is 14.1. The zero-order chi connectivity index (χ0) is 23.3. The van der Waals surface area contributed by atoms with Gasteiger partial charge in [0, 0.05) is 29.6 Å². The fourth-order valence-electron chi connectivity index (χ4n) is 3.45. The summed E-state index contributed by atoms with van der Waals surface area (Å²) in [6, 6.07) is 5.54. The van der Waals surface area contributed by atoms with Crippen LogP contribution >= 0.6 is 11.6 Å². The van der Waals surface area contributed by atoms with Crippen LogP contribution in [0.25, 0.3) is 5.76 Å². The first-order chi connectivity index (χ1) is 15.5. The summed E-state index contributed by atoms with van der Waals surface area (Å²) in [6.07, 6.45) is 11.0. The normalized spacial score (nSPS) is 15.5. The summed E-state index contributed by atoms with van der Waals surface area (Å²) in [5.74, 6) is 0.960. The Bertz CT molecular complexity index is 909. The van der Waals surface area contributed by atoms with Gasteiger partial charge in [-0.3, -0.25) is 0 Å². The minimum absolute atomic E-state index is 0.187. The maximum absolute atomic E-state index is 9.63. The van der Waals surface area contributed by atoms with E-state index in [-0.39, 0.29) is 6.61 Å². The highest BCUT2D eigenvalue weighted by Gasteiger charge is 2.14. The van der Waals surface area contributed by atoms with Crippen LogP contribution in [-0.4, -0.2) is 37.7 Å². The summed E-state index contributed by atoms with van der Waals surface area (Å²) < 4.78 is 11.7. The average Bonchev–Trinajstić information content (AvgIpc) is 3.30. The summed E-state index contributed by atoms with van der Waals surface area (Å²) >= 11 is 6.18. The summed E-state index contributed by atoms with van der Waals surface area (Å²) in [7, 11) is 0. The van der Waals surface area contributed by atoms with E-state index in [1.54, 1.807) is 30.4 Å². The number of nitrogens with two attached hydrogens (primary N) is 2. The summed E-state index contributed by atoms with van der Waals surface area (Å²) in [6.45, 7) is 9.75. The molecule has 6 nitrogen and oxygen atoms in total. The number of rotatable bonds is 12. The lowest BCUT2D eigenvalue weighted by atomic mass is 10.1. The number of allylic oxidation sites excluding steroid dienone is 4. The zero-order valence-electron chi connectivity index (χ0n) is 18.8. The first-order valence-electron chi connectivity index (χ1n) is 11.0. The van der Waals surface area contributed by atoms with E-state index in [4.69, 9.17) is 32.5 Å². The Balaban J connectivity index is 2.07. The van der Waals surface area contributed by atoms with Crippen LogP contribution < -0.4 is 16.2 Å². The van der Waals surface area contributed by atoms with Crippen LogP contribution in [0.4, 0.5) is 5.69 Å². The van der Waals surface area contributed by atoms with Crippen molar-refractivity contribution in [2.24, 2.45) is 5.73 Å². The molecule has 0 spiro atoms. The highest BCUT2D eigenvalue weighted by atomic mass is 35.5. The minimum atomic E-state index is 0.187. The number of nitrogens with zero attached hydrogens (tertiary/aromatic N) is 2. The number of nitriles is 1. The first kappa shape index (κ1) is 25.4. The molecule has 1 aliphatic heterocycles. The number of anilines is 1. The molecule has 0 saturated carbocycles. The molecule has 172 valence electrons. The standard InChI is InChI=1S/C25H33ClN4O2/c1-3-8-22(28)21(26)10-15-32-24(9-4-2)20-16-19(18-27)25(17-23(20)29)31-14-7-13-30-11-5-6-12-30/h4,8-10,16-17H,2-3,5-7,11-15,28-29H2,1H3/b21-10+,22-8+,24-9+. The van der Waals surface area contributed by atoms with E-state index in [1.165, 1.54) is 12.8 Å². The van der Waals surface area contributed by atoms with Gasteiger partial charge in [0.2, 0.25) is 0 Å². The second-order valence-electron chi connectivity index (χ2n) is 7.50. The molecule has 0 aliphatic carbocycles. The maximum Gasteiger partial charge on any atom is 0.139 e. The Morgan fingerprint density at radius 2 is 2.06 bits per heavy atom. The number of benzene rings is 1. The molecule has 4 N–H and O–H groups in total. The van der Waals surface area contributed by atoms with Crippen LogP contribution in [0.5, 0.6) is 5.75 Å². The lowest BCUT2D eigenvalue weighted by Crippen LogP contribution is -2.22. The van der Waals surface area contributed by atoms with Crippen molar-refractivity contribution in [3.05, 3.63) is 64.9 Å². The predicted molar refractivity (Wildman–Crippen MR) is 132 cm³/mol. The number of hydrogen-bond acceptors (Lipinski definition) is 6. The fourth-order valence-corrected chi connectivity index (χ4v) is 3.59. The first-order valence-corrected chi connectivity index (χ1v) is 11.3. The average molecular weight is 457 g/mol. The van der Waals surface area contributed by atoms with Crippen molar-refractivity contribution in [2.45, 2.75) is 32.6 Å². The van der Waals surface area contributed by atoms with Crippen molar-refractivity contribution >= 4 is 23.0 Å². The Labute approximate surface area is 196 Å². The summed E-state index contributed by atoms with van der Waals surface area (Å²) in [5, 5.41) is 10.1. The van der Waals surface area contributed by atoms with Crippen molar-refractivity contribution in [2.75, 3.05) is 38.6 Å². The zero-order valence-corrected chi connectivity index (χ0v) is 19.5. The monoisotopic (exact) mass is 456 g/mol. The largest absolute Gasteiger partial charge is 0.492 e. The molecule has 0 atom stereocenters. The number of hydrogen-bond donors (Lipinski definition) is 2. The Hall–Kier alpha value is -2.88. The van der Waals surface area contributed by atoms with Crippen LogP contribution in [0.15, 0.2) is 53.7 Å². The van der Waals surface area contributed by atoms with Gasteiger partial charge in [-0.15, -0.1) is 0 Å². The molecule has 0 amide bonds. The van der Waals surface area contributed by atoms with Gasteiger partial charge in [0.05, 0.1) is 17.2 Å². The highest BCUT2D eigenvalue weighted by molar-refractivity contribution is 6.31. The molecule has 0 unspecified atom stereocenters. The van der Waals surface area contributed by atoms with E-state index >= 15 is 0 Å². The summed E-state index contributed by atoms with van der Waals surface area (Å²) in [4.78, 5) is 2.43. The Kier molecular flexibility index (Phi) is 10.7. The molecule has 7 heteroatoms. The van der Waals surface area contributed by atoms with Crippen LogP contribution in [0.3, 0.4) is 0 Å². The van der Waals surface area contributed by atoms with Crippen molar-refractivity contribution in [1.82, 2.24) is 4.90 Å². The predicted octanol–water partition coefficient (Wildman–Crippen LogP) is 4.92. The van der Waals surface area contributed by atoms with Gasteiger partial charge in [-0.25, -0.2) is 0 Å². The van der Waals surface area contributed by atoms with Gasteiger partial charge in [0.1, 0.15) is 24.2 Å². The third kappa shape index (κ3) is 7.67. The molecule has 1 heterocycles. The molecule has 0 aromatic heterocycles.